The topological polar surface area (TPSA) is 46.6 Å². The Balaban J connectivity index is 1.83. The van der Waals surface area contributed by atoms with Crippen LogP contribution in [0.4, 0.5) is 10.5 Å². The summed E-state index contributed by atoms with van der Waals surface area (Å²) in [5.74, 6) is -0.177. The van der Waals surface area contributed by atoms with Gasteiger partial charge in [0, 0.05) is 5.41 Å². The lowest BCUT2D eigenvalue weighted by molar-refractivity contribution is -0.120. The number of fused-ring (bicyclic) bond motifs is 2. The minimum absolute atomic E-state index is 0.177. The van der Waals surface area contributed by atoms with Crippen LogP contribution in [0.3, 0.4) is 0 Å². The summed E-state index contributed by atoms with van der Waals surface area (Å²) in [6.45, 7) is 9.55. The van der Waals surface area contributed by atoms with Gasteiger partial charge in [-0.1, -0.05) is 55.0 Å². The number of amides is 2. The standard InChI is InChI=1S/C23H25NO3/c1-15-11-12-18-17(13-15)23(14-22(23,5)16-9-7-6-8-10-16)19(25)24(18)20(26)27-21(2,3)4/h6-13H,14H2,1-5H3/t22-,23+/m1/s1. The van der Waals surface area contributed by atoms with Crippen molar-refractivity contribution in [1.82, 2.24) is 0 Å². The fraction of sp³-hybridized carbons (Fsp3) is 0.391. The lowest BCUT2D eigenvalue weighted by atomic mass is 9.83. The Morgan fingerprint density at radius 2 is 1.78 bits per heavy atom. The average molecular weight is 363 g/mol. The maximum atomic E-state index is 13.6. The predicted octanol–water partition coefficient (Wildman–Crippen LogP) is 4.88. The number of benzene rings is 2. The summed E-state index contributed by atoms with van der Waals surface area (Å²) in [4.78, 5) is 27.7. The van der Waals surface area contributed by atoms with E-state index in [1.54, 1.807) is 0 Å². The van der Waals surface area contributed by atoms with Gasteiger partial charge >= 0.3 is 6.09 Å². The number of hydrogen-bond acceptors (Lipinski definition) is 3. The van der Waals surface area contributed by atoms with E-state index in [1.165, 1.54) is 4.90 Å². The number of imide groups is 1. The van der Waals surface area contributed by atoms with Crippen molar-refractivity contribution in [1.29, 1.82) is 0 Å². The van der Waals surface area contributed by atoms with Crippen LogP contribution in [0.1, 0.15) is 50.8 Å². The van der Waals surface area contributed by atoms with Gasteiger partial charge in [-0.15, -0.1) is 0 Å². The average Bonchev–Trinajstić information content (AvgIpc) is 3.16. The Morgan fingerprint density at radius 3 is 2.41 bits per heavy atom. The Morgan fingerprint density at radius 1 is 1.11 bits per heavy atom. The first-order valence-corrected chi connectivity index (χ1v) is 9.34. The van der Waals surface area contributed by atoms with Crippen LogP contribution < -0.4 is 4.90 Å². The summed E-state index contributed by atoms with van der Waals surface area (Å²) in [5, 5.41) is 0. The molecule has 1 heterocycles. The summed E-state index contributed by atoms with van der Waals surface area (Å²) in [5.41, 5.74) is 2.09. The molecule has 0 aromatic heterocycles. The van der Waals surface area contributed by atoms with E-state index >= 15 is 0 Å². The van der Waals surface area contributed by atoms with Crippen LogP contribution in [0.5, 0.6) is 0 Å². The van der Waals surface area contributed by atoms with Gasteiger partial charge in [0.15, 0.2) is 0 Å². The lowest BCUT2D eigenvalue weighted by Crippen LogP contribution is -2.42. The highest BCUT2D eigenvalue weighted by Gasteiger charge is 2.75. The summed E-state index contributed by atoms with van der Waals surface area (Å²) < 4.78 is 5.54. The molecule has 1 aliphatic heterocycles. The van der Waals surface area contributed by atoms with Crippen LogP contribution in [0.25, 0.3) is 0 Å². The molecule has 1 spiro atoms. The van der Waals surface area contributed by atoms with Crippen LogP contribution in [-0.2, 0) is 20.4 Å². The van der Waals surface area contributed by atoms with Crippen molar-refractivity contribution < 1.29 is 14.3 Å². The van der Waals surface area contributed by atoms with Gasteiger partial charge < -0.3 is 4.74 Å². The smallest absolute Gasteiger partial charge is 0.421 e. The van der Waals surface area contributed by atoms with Crippen LogP contribution in [0.2, 0.25) is 0 Å². The van der Waals surface area contributed by atoms with Crippen molar-refractivity contribution >= 4 is 17.7 Å². The maximum Gasteiger partial charge on any atom is 0.421 e. The third-order valence-electron chi connectivity index (χ3n) is 5.84. The lowest BCUT2D eigenvalue weighted by Gasteiger charge is -2.24. The van der Waals surface area contributed by atoms with Gasteiger partial charge in [-0.25, -0.2) is 9.69 Å². The molecule has 1 saturated carbocycles. The van der Waals surface area contributed by atoms with E-state index in [9.17, 15) is 9.59 Å². The molecule has 2 atom stereocenters. The minimum atomic E-state index is -0.702. The fourth-order valence-electron chi connectivity index (χ4n) is 4.44. The minimum Gasteiger partial charge on any atom is -0.443 e. The number of carbonyl (C=O) groups excluding carboxylic acids is 2. The van der Waals surface area contributed by atoms with Crippen molar-refractivity contribution in [3.05, 3.63) is 65.2 Å². The molecule has 4 rings (SSSR count). The molecule has 1 fully saturated rings. The zero-order valence-electron chi connectivity index (χ0n) is 16.5. The number of ether oxygens (including phenoxy) is 1. The molecule has 2 aromatic carbocycles. The summed E-state index contributed by atoms with van der Waals surface area (Å²) in [7, 11) is 0. The number of aryl methyl sites for hydroxylation is 1. The van der Waals surface area contributed by atoms with Crippen LogP contribution in [-0.4, -0.2) is 17.6 Å². The Bertz CT molecular complexity index is 944. The Kier molecular flexibility index (Phi) is 3.58. The summed E-state index contributed by atoms with van der Waals surface area (Å²) >= 11 is 0. The van der Waals surface area contributed by atoms with E-state index in [4.69, 9.17) is 4.74 Å². The third kappa shape index (κ3) is 2.43. The third-order valence-corrected chi connectivity index (χ3v) is 5.84. The molecule has 2 amide bonds. The van der Waals surface area contributed by atoms with Gasteiger partial charge in [-0.05, 0) is 51.3 Å². The van der Waals surface area contributed by atoms with Crippen molar-refractivity contribution in [2.24, 2.45) is 0 Å². The monoisotopic (exact) mass is 363 g/mol. The molecule has 2 aromatic rings. The summed E-state index contributed by atoms with van der Waals surface area (Å²) in [6, 6.07) is 15.9. The highest BCUT2D eigenvalue weighted by atomic mass is 16.6. The Hall–Kier alpha value is -2.62. The molecule has 0 saturated heterocycles. The second kappa shape index (κ2) is 5.44. The van der Waals surface area contributed by atoms with Crippen molar-refractivity contribution in [3.8, 4) is 0 Å². The molecule has 2 aliphatic rings. The predicted molar refractivity (Wildman–Crippen MR) is 105 cm³/mol. The number of hydrogen-bond donors (Lipinski definition) is 0. The van der Waals surface area contributed by atoms with Gasteiger partial charge in [-0.3, -0.25) is 4.79 Å². The van der Waals surface area contributed by atoms with E-state index in [2.05, 4.69) is 19.1 Å². The van der Waals surface area contributed by atoms with Crippen LogP contribution in [0.15, 0.2) is 48.5 Å². The van der Waals surface area contributed by atoms with E-state index in [-0.39, 0.29) is 11.3 Å². The SMILES string of the molecule is Cc1ccc2c(c1)[C@@]1(C[C@]1(C)c1ccccc1)C(=O)N2C(=O)OC(C)(C)C. The van der Waals surface area contributed by atoms with Crippen molar-refractivity contribution in [3.63, 3.8) is 0 Å². The molecule has 4 heteroatoms. The van der Waals surface area contributed by atoms with E-state index in [0.29, 0.717) is 12.1 Å². The highest BCUT2D eigenvalue weighted by Crippen LogP contribution is 2.70. The summed E-state index contributed by atoms with van der Waals surface area (Å²) in [6.07, 6.45) is 0.0929. The highest BCUT2D eigenvalue weighted by molar-refractivity contribution is 6.23. The first-order chi connectivity index (χ1) is 12.6. The van der Waals surface area contributed by atoms with Crippen molar-refractivity contribution in [2.45, 2.75) is 57.5 Å². The normalized spacial score (nSPS) is 26.3. The molecule has 27 heavy (non-hydrogen) atoms. The first kappa shape index (κ1) is 17.8. The number of carbonyl (C=O) groups is 2. The van der Waals surface area contributed by atoms with Crippen LogP contribution in [0, 0.1) is 6.92 Å². The molecule has 140 valence electrons. The second-order valence-corrected chi connectivity index (χ2v) is 8.92. The molecule has 0 radical (unpaired) electrons. The van der Waals surface area contributed by atoms with Gasteiger partial charge in [0.25, 0.3) is 0 Å². The largest absolute Gasteiger partial charge is 0.443 e. The van der Waals surface area contributed by atoms with Gasteiger partial charge in [0.1, 0.15) is 5.60 Å². The number of rotatable bonds is 1. The second-order valence-electron chi connectivity index (χ2n) is 8.92. The van der Waals surface area contributed by atoms with Gasteiger partial charge in [0.05, 0.1) is 11.1 Å². The zero-order chi connectivity index (χ0) is 19.6. The fourth-order valence-corrected chi connectivity index (χ4v) is 4.44. The van der Waals surface area contributed by atoms with Crippen molar-refractivity contribution in [2.75, 3.05) is 4.90 Å². The quantitative estimate of drug-likeness (QED) is 0.726. The molecule has 4 nitrogen and oxygen atoms in total. The molecule has 0 bridgehead atoms. The van der Waals surface area contributed by atoms with Gasteiger partial charge in [-0.2, -0.15) is 0 Å². The first-order valence-electron chi connectivity index (χ1n) is 9.34. The zero-order valence-corrected chi connectivity index (χ0v) is 16.5. The molecule has 0 unspecified atom stereocenters. The number of nitrogens with zero attached hydrogens (tertiary/aromatic N) is 1. The molecular formula is C23H25NO3. The van der Waals surface area contributed by atoms with E-state index in [1.807, 2.05) is 64.1 Å². The van der Waals surface area contributed by atoms with Gasteiger partial charge in [0.2, 0.25) is 5.91 Å². The Labute approximate surface area is 160 Å². The maximum absolute atomic E-state index is 13.6. The molecular weight excluding hydrogens is 338 g/mol. The molecule has 1 aliphatic carbocycles. The van der Waals surface area contributed by atoms with Crippen LogP contribution >= 0.6 is 0 Å². The number of anilines is 1. The van der Waals surface area contributed by atoms with E-state index < -0.39 is 17.1 Å². The van der Waals surface area contributed by atoms with E-state index in [0.717, 1.165) is 16.7 Å². The molecule has 0 N–H and O–H groups in total.